The highest BCUT2D eigenvalue weighted by atomic mass is 32.2. The minimum absolute atomic E-state index is 0.0277. The van der Waals surface area contributed by atoms with Crippen LogP contribution in [0.1, 0.15) is 32.1 Å². The van der Waals surface area contributed by atoms with Crippen molar-refractivity contribution in [3.8, 4) is 0 Å². The van der Waals surface area contributed by atoms with E-state index in [2.05, 4.69) is 0 Å². The van der Waals surface area contributed by atoms with Crippen molar-refractivity contribution in [2.24, 2.45) is 0 Å². The monoisotopic (exact) mass is 262 g/mol. The molecule has 0 aromatic rings. The van der Waals surface area contributed by atoms with E-state index in [0.717, 1.165) is 25.7 Å². The van der Waals surface area contributed by atoms with Gasteiger partial charge in [-0.15, -0.1) is 0 Å². The van der Waals surface area contributed by atoms with E-state index in [0.29, 0.717) is 13.1 Å². The molecule has 1 saturated carbocycles. The number of aliphatic carboxylic acids is 1. The number of carboxylic acids is 1. The fourth-order valence-electron chi connectivity index (χ4n) is 2.12. The molecule has 1 aliphatic heterocycles. The maximum atomic E-state index is 12.3. The Balaban J connectivity index is 2.05. The van der Waals surface area contributed by atoms with E-state index in [1.807, 2.05) is 0 Å². The lowest BCUT2D eigenvalue weighted by Crippen LogP contribution is -2.44. The molecule has 1 aliphatic carbocycles. The summed E-state index contributed by atoms with van der Waals surface area (Å²) in [4.78, 5) is 10.6. The number of hydrogen-bond donors (Lipinski definition) is 1. The van der Waals surface area contributed by atoms with E-state index in [1.54, 1.807) is 0 Å². The van der Waals surface area contributed by atoms with Crippen molar-refractivity contribution in [1.29, 1.82) is 0 Å². The van der Waals surface area contributed by atoms with Crippen LogP contribution in [0, 0.1) is 0 Å². The molecule has 1 N–H and O–H groups in total. The summed E-state index contributed by atoms with van der Waals surface area (Å²) in [5.41, 5.74) is 0. The van der Waals surface area contributed by atoms with Crippen LogP contribution in [0.15, 0.2) is 0 Å². The lowest BCUT2D eigenvalue weighted by atomic mass is 10.4. The normalized spacial score (nSPS) is 22.2. The summed E-state index contributed by atoms with van der Waals surface area (Å²) in [6.07, 6.45) is 3.39. The van der Waals surface area contributed by atoms with Gasteiger partial charge in [-0.25, -0.2) is 0 Å². The van der Waals surface area contributed by atoms with Crippen LogP contribution in [0.25, 0.3) is 0 Å². The molecule has 0 aromatic carbocycles. The standard InChI is InChI=1S/C10H18N2O4S/c13-10(14)5-8-12(9-3-4-9)17(15,16)11-6-1-2-7-11/h9H,1-8H2,(H,13,14). The van der Waals surface area contributed by atoms with Gasteiger partial charge in [0.2, 0.25) is 0 Å². The first-order chi connectivity index (χ1) is 8.01. The number of nitrogens with zero attached hydrogens (tertiary/aromatic N) is 2. The third-order valence-corrected chi connectivity index (χ3v) is 5.28. The number of carbonyl (C=O) groups is 1. The first kappa shape index (κ1) is 12.8. The molecule has 0 radical (unpaired) electrons. The summed E-state index contributed by atoms with van der Waals surface area (Å²) >= 11 is 0. The molecule has 1 saturated heterocycles. The van der Waals surface area contributed by atoms with Gasteiger partial charge in [0, 0.05) is 25.7 Å². The number of rotatable bonds is 6. The SMILES string of the molecule is O=C(O)CCN(C1CC1)S(=O)(=O)N1CCCC1. The smallest absolute Gasteiger partial charge is 0.304 e. The zero-order chi connectivity index (χ0) is 12.5. The van der Waals surface area contributed by atoms with Gasteiger partial charge >= 0.3 is 5.97 Å². The largest absolute Gasteiger partial charge is 0.481 e. The topological polar surface area (TPSA) is 77.9 Å². The van der Waals surface area contributed by atoms with E-state index in [9.17, 15) is 13.2 Å². The van der Waals surface area contributed by atoms with Gasteiger partial charge in [-0.05, 0) is 25.7 Å². The molecular formula is C10H18N2O4S. The van der Waals surface area contributed by atoms with Gasteiger partial charge in [0.15, 0.2) is 0 Å². The van der Waals surface area contributed by atoms with Gasteiger partial charge in [-0.3, -0.25) is 4.79 Å². The molecule has 0 aromatic heterocycles. The van der Waals surface area contributed by atoms with Crippen molar-refractivity contribution in [2.45, 2.75) is 38.1 Å². The molecule has 2 rings (SSSR count). The van der Waals surface area contributed by atoms with Crippen LogP contribution in [0.4, 0.5) is 0 Å². The van der Waals surface area contributed by atoms with E-state index >= 15 is 0 Å². The quantitative estimate of drug-likeness (QED) is 0.745. The second-order valence-electron chi connectivity index (χ2n) is 4.60. The highest BCUT2D eigenvalue weighted by molar-refractivity contribution is 7.86. The van der Waals surface area contributed by atoms with Crippen LogP contribution >= 0.6 is 0 Å². The van der Waals surface area contributed by atoms with Crippen LogP contribution in [0.5, 0.6) is 0 Å². The Labute approximate surface area is 101 Å². The fraction of sp³-hybridized carbons (Fsp3) is 0.900. The Morgan fingerprint density at radius 2 is 1.88 bits per heavy atom. The van der Waals surface area contributed by atoms with Crippen LogP contribution in [-0.4, -0.2) is 53.8 Å². The number of carboxylic acid groups (broad SMARTS) is 1. The molecule has 2 aliphatic rings. The minimum atomic E-state index is -3.43. The maximum Gasteiger partial charge on any atom is 0.304 e. The average molecular weight is 262 g/mol. The Morgan fingerprint density at radius 1 is 1.29 bits per heavy atom. The fourth-order valence-corrected chi connectivity index (χ4v) is 4.05. The molecule has 2 fully saturated rings. The molecule has 1 heterocycles. The molecule has 0 bridgehead atoms. The van der Waals surface area contributed by atoms with Crippen molar-refractivity contribution in [1.82, 2.24) is 8.61 Å². The van der Waals surface area contributed by atoms with Gasteiger partial charge in [0.1, 0.15) is 0 Å². The highest BCUT2D eigenvalue weighted by Gasteiger charge is 2.40. The second-order valence-corrected chi connectivity index (χ2v) is 6.48. The lowest BCUT2D eigenvalue weighted by molar-refractivity contribution is -0.137. The molecule has 6 nitrogen and oxygen atoms in total. The molecule has 7 heteroatoms. The maximum absolute atomic E-state index is 12.3. The average Bonchev–Trinajstić information content (AvgIpc) is 2.92. The Bertz CT molecular complexity index is 385. The van der Waals surface area contributed by atoms with Crippen molar-refractivity contribution in [3.63, 3.8) is 0 Å². The highest BCUT2D eigenvalue weighted by Crippen LogP contribution is 2.31. The van der Waals surface area contributed by atoms with E-state index in [1.165, 1.54) is 8.61 Å². The first-order valence-corrected chi connectivity index (χ1v) is 7.40. The van der Waals surface area contributed by atoms with Crippen molar-refractivity contribution in [3.05, 3.63) is 0 Å². The molecule has 0 unspecified atom stereocenters. The third-order valence-electron chi connectivity index (χ3n) is 3.19. The van der Waals surface area contributed by atoms with Gasteiger partial charge < -0.3 is 5.11 Å². The Kier molecular flexibility index (Phi) is 3.70. The zero-order valence-corrected chi connectivity index (χ0v) is 10.5. The molecule has 98 valence electrons. The Hall–Kier alpha value is -0.660. The summed E-state index contributed by atoms with van der Waals surface area (Å²) in [6, 6.07) is 0.0277. The van der Waals surface area contributed by atoms with Crippen molar-refractivity contribution >= 4 is 16.2 Å². The van der Waals surface area contributed by atoms with E-state index in [4.69, 9.17) is 5.11 Å². The van der Waals surface area contributed by atoms with Gasteiger partial charge in [-0.2, -0.15) is 17.0 Å². The summed E-state index contributed by atoms with van der Waals surface area (Å²) in [5.74, 6) is -0.952. The minimum Gasteiger partial charge on any atom is -0.481 e. The molecule has 0 atom stereocenters. The second kappa shape index (κ2) is 4.91. The molecule has 0 spiro atoms. The van der Waals surface area contributed by atoms with E-state index < -0.39 is 16.2 Å². The lowest BCUT2D eigenvalue weighted by Gasteiger charge is -2.26. The van der Waals surface area contributed by atoms with Gasteiger partial charge in [-0.1, -0.05) is 0 Å². The van der Waals surface area contributed by atoms with Crippen molar-refractivity contribution < 1.29 is 18.3 Å². The van der Waals surface area contributed by atoms with E-state index in [-0.39, 0.29) is 19.0 Å². The summed E-state index contributed by atoms with van der Waals surface area (Å²) in [5, 5.41) is 8.66. The summed E-state index contributed by atoms with van der Waals surface area (Å²) < 4.78 is 27.4. The van der Waals surface area contributed by atoms with Crippen LogP contribution in [0.3, 0.4) is 0 Å². The third kappa shape index (κ3) is 2.97. The molecule has 0 amide bonds. The Morgan fingerprint density at radius 3 is 2.35 bits per heavy atom. The zero-order valence-electron chi connectivity index (χ0n) is 9.71. The predicted molar refractivity (Wildman–Crippen MR) is 61.7 cm³/mol. The van der Waals surface area contributed by atoms with Crippen LogP contribution in [0.2, 0.25) is 0 Å². The van der Waals surface area contributed by atoms with Gasteiger partial charge in [0.05, 0.1) is 6.42 Å². The van der Waals surface area contributed by atoms with Crippen LogP contribution in [-0.2, 0) is 15.0 Å². The van der Waals surface area contributed by atoms with Crippen LogP contribution < -0.4 is 0 Å². The summed E-state index contributed by atoms with van der Waals surface area (Å²) in [6.45, 7) is 1.23. The molecule has 17 heavy (non-hydrogen) atoms. The van der Waals surface area contributed by atoms with Crippen molar-refractivity contribution in [2.75, 3.05) is 19.6 Å². The van der Waals surface area contributed by atoms with Gasteiger partial charge in [0.25, 0.3) is 10.2 Å². The summed E-state index contributed by atoms with van der Waals surface area (Å²) in [7, 11) is -3.43. The molecular weight excluding hydrogens is 244 g/mol. The number of hydrogen-bond acceptors (Lipinski definition) is 3. The predicted octanol–water partition coefficient (Wildman–Crippen LogP) is 0.266. The first-order valence-electron chi connectivity index (χ1n) is 6.00.